The molecule has 0 aliphatic carbocycles. The van der Waals surface area contributed by atoms with Crippen LogP contribution in [0.4, 0.5) is 18.9 Å². The highest BCUT2D eigenvalue weighted by Crippen LogP contribution is 2.32. The summed E-state index contributed by atoms with van der Waals surface area (Å²) in [6, 6.07) is 11.4. The topological polar surface area (TPSA) is 66.5 Å². The van der Waals surface area contributed by atoms with Crippen molar-refractivity contribution in [3.05, 3.63) is 65.2 Å². The van der Waals surface area contributed by atoms with Crippen LogP contribution in [-0.2, 0) is 21.6 Å². The highest BCUT2D eigenvalue weighted by molar-refractivity contribution is 7.93. The number of carbonyl (C=O) groups excluding carboxylic acids is 1. The number of nitrogens with one attached hydrogen (secondary N) is 1. The Kier molecular flexibility index (Phi) is 5.86. The fourth-order valence-corrected chi connectivity index (χ4v) is 4.91. The smallest absolute Gasteiger partial charge is 0.351 e. The normalized spacial score (nSPS) is 16.5. The fraction of sp³-hybridized carbons (Fsp3) is 0.381. The summed E-state index contributed by atoms with van der Waals surface area (Å²) < 4.78 is 64.5. The first-order chi connectivity index (χ1) is 13.9. The predicted molar refractivity (Wildman–Crippen MR) is 109 cm³/mol. The Bertz CT molecular complexity index is 1050. The summed E-state index contributed by atoms with van der Waals surface area (Å²) in [7, 11) is -3.36. The lowest BCUT2D eigenvalue weighted by Gasteiger charge is -2.26. The largest absolute Gasteiger partial charge is 0.416 e. The molecule has 1 heterocycles. The Balaban J connectivity index is 1.73. The zero-order valence-electron chi connectivity index (χ0n) is 16.7. The van der Waals surface area contributed by atoms with Crippen LogP contribution in [0.2, 0.25) is 0 Å². The van der Waals surface area contributed by atoms with Crippen molar-refractivity contribution in [3.63, 3.8) is 0 Å². The number of anilines is 1. The van der Waals surface area contributed by atoms with Gasteiger partial charge in [-0.25, -0.2) is 8.42 Å². The molecule has 2 aromatic rings. The van der Waals surface area contributed by atoms with Crippen LogP contribution in [-0.4, -0.2) is 33.2 Å². The van der Waals surface area contributed by atoms with E-state index in [9.17, 15) is 26.4 Å². The van der Waals surface area contributed by atoms with Crippen molar-refractivity contribution < 1.29 is 26.4 Å². The van der Waals surface area contributed by atoms with Gasteiger partial charge in [0.25, 0.3) is 5.91 Å². The number of hydrogen-bond acceptors (Lipinski definition) is 3. The third-order valence-electron chi connectivity index (χ3n) is 5.16. The van der Waals surface area contributed by atoms with Gasteiger partial charge in [-0.3, -0.25) is 9.10 Å². The molecule has 0 aromatic heterocycles. The minimum atomic E-state index is -4.44. The van der Waals surface area contributed by atoms with Crippen LogP contribution in [0.15, 0.2) is 48.5 Å². The van der Waals surface area contributed by atoms with Crippen molar-refractivity contribution in [3.8, 4) is 0 Å². The van der Waals surface area contributed by atoms with Crippen molar-refractivity contribution in [1.29, 1.82) is 0 Å². The molecule has 1 saturated heterocycles. The summed E-state index contributed by atoms with van der Waals surface area (Å²) >= 11 is 0. The van der Waals surface area contributed by atoms with Crippen molar-refractivity contribution in [2.75, 3.05) is 23.1 Å². The van der Waals surface area contributed by atoms with Crippen LogP contribution in [0.3, 0.4) is 0 Å². The molecular formula is C21H23F3N2O3S. The van der Waals surface area contributed by atoms with Crippen LogP contribution >= 0.6 is 0 Å². The second-order valence-electron chi connectivity index (χ2n) is 7.94. The minimum absolute atomic E-state index is 0.0780. The second kappa shape index (κ2) is 7.94. The van der Waals surface area contributed by atoms with E-state index in [0.717, 1.165) is 12.1 Å². The van der Waals surface area contributed by atoms with E-state index in [1.165, 1.54) is 16.4 Å². The van der Waals surface area contributed by atoms with Crippen LogP contribution in [0.5, 0.6) is 0 Å². The van der Waals surface area contributed by atoms with E-state index >= 15 is 0 Å². The summed E-state index contributed by atoms with van der Waals surface area (Å²) in [5.74, 6) is -0.345. The van der Waals surface area contributed by atoms with Crippen molar-refractivity contribution in [2.24, 2.45) is 0 Å². The highest BCUT2D eigenvalue weighted by atomic mass is 32.2. The number of benzene rings is 2. The van der Waals surface area contributed by atoms with Crippen LogP contribution in [0.25, 0.3) is 0 Å². The van der Waals surface area contributed by atoms with Gasteiger partial charge in [0.05, 0.1) is 17.0 Å². The van der Waals surface area contributed by atoms with Crippen LogP contribution in [0, 0.1) is 0 Å². The molecule has 162 valence electrons. The van der Waals surface area contributed by atoms with Gasteiger partial charge in [0, 0.05) is 24.1 Å². The van der Waals surface area contributed by atoms with E-state index in [1.807, 2.05) is 0 Å². The summed E-state index contributed by atoms with van der Waals surface area (Å²) in [5.41, 5.74) is -0.312. The Labute approximate surface area is 173 Å². The lowest BCUT2D eigenvalue weighted by molar-refractivity contribution is -0.137. The van der Waals surface area contributed by atoms with Gasteiger partial charge in [-0.05, 0) is 36.2 Å². The first-order valence-corrected chi connectivity index (χ1v) is 11.1. The molecule has 30 heavy (non-hydrogen) atoms. The number of carbonyl (C=O) groups is 1. The molecule has 1 aliphatic rings. The summed E-state index contributed by atoms with van der Waals surface area (Å²) in [6.07, 6.45) is -3.91. The molecule has 1 aliphatic heterocycles. The number of amides is 1. The molecule has 0 bridgehead atoms. The number of hydrogen-bond donors (Lipinski definition) is 1. The van der Waals surface area contributed by atoms with Crippen molar-refractivity contribution in [2.45, 2.75) is 31.9 Å². The summed E-state index contributed by atoms with van der Waals surface area (Å²) in [5, 5.41) is 2.75. The molecule has 1 N–H and O–H groups in total. The molecule has 5 nitrogen and oxygen atoms in total. The summed E-state index contributed by atoms with van der Waals surface area (Å²) in [6.45, 7) is 3.97. The van der Waals surface area contributed by atoms with E-state index in [-0.39, 0.29) is 17.9 Å². The highest BCUT2D eigenvalue weighted by Gasteiger charge is 2.32. The quantitative estimate of drug-likeness (QED) is 0.766. The Morgan fingerprint density at radius 3 is 2.37 bits per heavy atom. The number of halogens is 3. The molecule has 2 aromatic carbocycles. The van der Waals surface area contributed by atoms with Gasteiger partial charge in [-0.1, -0.05) is 38.1 Å². The van der Waals surface area contributed by atoms with E-state index in [0.29, 0.717) is 24.2 Å². The van der Waals surface area contributed by atoms with Crippen molar-refractivity contribution in [1.82, 2.24) is 5.32 Å². The first kappa shape index (κ1) is 22.1. The Morgan fingerprint density at radius 1 is 1.07 bits per heavy atom. The van der Waals surface area contributed by atoms with Gasteiger partial charge < -0.3 is 5.32 Å². The monoisotopic (exact) mass is 440 g/mol. The van der Waals surface area contributed by atoms with Crippen molar-refractivity contribution >= 4 is 21.6 Å². The van der Waals surface area contributed by atoms with Gasteiger partial charge in [0.15, 0.2) is 0 Å². The van der Waals surface area contributed by atoms with E-state index < -0.39 is 33.1 Å². The van der Waals surface area contributed by atoms with E-state index in [4.69, 9.17) is 0 Å². The standard InChI is InChI=1S/C21H23F3N2O3S/c1-20(2,16-7-4-8-17(13-16)21(22,23)24)14-25-19(27)15-6-3-9-18(12-15)26-10-5-11-30(26,28)29/h3-4,6-9,12-13H,5,10-11,14H2,1-2H3,(H,25,27). The molecule has 0 spiro atoms. The minimum Gasteiger partial charge on any atom is -0.351 e. The number of sulfonamides is 1. The lowest BCUT2D eigenvalue weighted by Crippen LogP contribution is -2.37. The zero-order chi connectivity index (χ0) is 22.2. The van der Waals surface area contributed by atoms with Gasteiger partial charge in [0.2, 0.25) is 10.0 Å². The van der Waals surface area contributed by atoms with Crippen LogP contribution in [0.1, 0.15) is 41.8 Å². The first-order valence-electron chi connectivity index (χ1n) is 9.47. The second-order valence-corrected chi connectivity index (χ2v) is 9.95. The molecule has 1 fully saturated rings. The molecule has 0 atom stereocenters. The molecule has 0 saturated carbocycles. The maximum absolute atomic E-state index is 13.0. The van der Waals surface area contributed by atoms with E-state index in [2.05, 4.69) is 5.32 Å². The molecule has 9 heteroatoms. The maximum atomic E-state index is 13.0. The third kappa shape index (κ3) is 4.77. The SMILES string of the molecule is CC(C)(CNC(=O)c1cccc(N2CCCS2(=O)=O)c1)c1cccc(C(F)(F)F)c1. The average Bonchev–Trinajstić information content (AvgIpc) is 3.05. The Hall–Kier alpha value is -2.55. The van der Waals surface area contributed by atoms with Gasteiger partial charge in [0.1, 0.15) is 0 Å². The zero-order valence-corrected chi connectivity index (χ0v) is 17.5. The molecule has 1 amide bonds. The molecular weight excluding hydrogens is 417 g/mol. The maximum Gasteiger partial charge on any atom is 0.416 e. The third-order valence-corrected chi connectivity index (χ3v) is 7.03. The van der Waals surface area contributed by atoms with Gasteiger partial charge >= 0.3 is 6.18 Å². The molecule has 0 unspecified atom stereocenters. The van der Waals surface area contributed by atoms with Gasteiger partial charge in [-0.15, -0.1) is 0 Å². The molecule has 3 rings (SSSR count). The lowest BCUT2D eigenvalue weighted by atomic mass is 9.83. The predicted octanol–water partition coefficient (Wildman–Crippen LogP) is 3.95. The average molecular weight is 440 g/mol. The number of nitrogens with zero attached hydrogens (tertiary/aromatic N) is 1. The summed E-state index contributed by atoms with van der Waals surface area (Å²) in [4.78, 5) is 12.6. The van der Waals surface area contributed by atoms with Gasteiger partial charge in [-0.2, -0.15) is 13.2 Å². The number of alkyl halides is 3. The fourth-order valence-electron chi connectivity index (χ4n) is 3.35. The number of rotatable bonds is 5. The van der Waals surface area contributed by atoms with Crippen LogP contribution < -0.4 is 9.62 Å². The van der Waals surface area contributed by atoms with E-state index in [1.54, 1.807) is 38.1 Å². The Morgan fingerprint density at radius 2 is 1.73 bits per heavy atom. The molecule has 0 radical (unpaired) electrons.